The van der Waals surface area contributed by atoms with Gasteiger partial charge in [-0.25, -0.2) is 4.79 Å². The number of hydrogen-bond acceptors (Lipinski definition) is 6. The monoisotopic (exact) mass is 277 g/mol. The number of nitrogens with zero attached hydrogens (tertiary/aromatic N) is 2. The minimum Gasteiger partial charge on any atom is -0.478 e. The summed E-state index contributed by atoms with van der Waals surface area (Å²) in [5.41, 5.74) is 0.502. The third kappa shape index (κ3) is 2.91. The van der Waals surface area contributed by atoms with E-state index in [4.69, 9.17) is 9.63 Å². The molecule has 0 bridgehead atoms. The van der Waals surface area contributed by atoms with Crippen LogP contribution in [0.25, 0.3) is 0 Å². The zero-order valence-corrected chi connectivity index (χ0v) is 10.5. The lowest BCUT2D eigenvalue weighted by Crippen LogP contribution is -2.07. The molecule has 1 aromatic heterocycles. The van der Waals surface area contributed by atoms with Crippen molar-refractivity contribution in [3.8, 4) is 0 Å². The number of carbonyl (C=O) groups is 1. The third-order valence-corrected chi connectivity index (χ3v) is 2.58. The summed E-state index contributed by atoms with van der Waals surface area (Å²) in [5, 5.41) is 26.3. The Morgan fingerprint density at radius 2 is 2.25 bits per heavy atom. The Kier molecular flexibility index (Phi) is 3.65. The predicted octanol–water partition coefficient (Wildman–Crippen LogP) is 2.20. The van der Waals surface area contributed by atoms with Crippen LogP contribution in [0.4, 0.5) is 11.4 Å². The number of nitrogens with one attached hydrogen (secondary N) is 1. The minimum absolute atomic E-state index is 0.0455. The Bertz CT molecular complexity index is 665. The van der Waals surface area contributed by atoms with Gasteiger partial charge in [-0.2, -0.15) is 0 Å². The number of non-ortho nitro benzene ring substituents is 1. The fourth-order valence-corrected chi connectivity index (χ4v) is 1.67. The van der Waals surface area contributed by atoms with Crippen molar-refractivity contribution in [3.63, 3.8) is 0 Å². The van der Waals surface area contributed by atoms with Crippen molar-refractivity contribution in [2.24, 2.45) is 0 Å². The second-order valence-electron chi connectivity index (χ2n) is 4.07. The molecular formula is C12H11N3O5. The summed E-state index contributed by atoms with van der Waals surface area (Å²) in [6, 6.07) is 5.20. The zero-order chi connectivity index (χ0) is 14.7. The van der Waals surface area contributed by atoms with E-state index in [1.165, 1.54) is 12.1 Å². The SMILES string of the molecule is Cc1cc(CNc2cc([N+](=O)[O-])ccc2C(=O)O)no1. The highest BCUT2D eigenvalue weighted by atomic mass is 16.6. The van der Waals surface area contributed by atoms with Crippen LogP contribution in [0, 0.1) is 17.0 Å². The van der Waals surface area contributed by atoms with Gasteiger partial charge in [0.05, 0.1) is 22.7 Å². The van der Waals surface area contributed by atoms with Crippen molar-refractivity contribution in [3.05, 3.63) is 51.4 Å². The van der Waals surface area contributed by atoms with Gasteiger partial charge in [0, 0.05) is 18.2 Å². The van der Waals surface area contributed by atoms with E-state index in [9.17, 15) is 14.9 Å². The number of rotatable bonds is 5. The number of nitro groups is 1. The van der Waals surface area contributed by atoms with E-state index in [2.05, 4.69) is 10.5 Å². The van der Waals surface area contributed by atoms with Crippen LogP contribution in [0.3, 0.4) is 0 Å². The first-order chi connectivity index (χ1) is 9.47. The lowest BCUT2D eigenvalue weighted by Gasteiger charge is -2.07. The van der Waals surface area contributed by atoms with Crippen LogP contribution in [0.15, 0.2) is 28.8 Å². The van der Waals surface area contributed by atoms with Crippen LogP contribution >= 0.6 is 0 Å². The molecule has 0 unspecified atom stereocenters. The lowest BCUT2D eigenvalue weighted by atomic mass is 10.1. The van der Waals surface area contributed by atoms with Crippen LogP contribution in [-0.4, -0.2) is 21.2 Å². The molecule has 0 aliphatic carbocycles. The second kappa shape index (κ2) is 5.39. The topological polar surface area (TPSA) is 119 Å². The molecule has 0 aliphatic rings. The molecule has 0 aliphatic heterocycles. The molecular weight excluding hydrogens is 266 g/mol. The summed E-state index contributed by atoms with van der Waals surface area (Å²) in [7, 11) is 0. The summed E-state index contributed by atoms with van der Waals surface area (Å²) in [6.45, 7) is 1.94. The van der Waals surface area contributed by atoms with Crippen molar-refractivity contribution in [1.82, 2.24) is 5.16 Å². The highest BCUT2D eigenvalue weighted by Crippen LogP contribution is 2.23. The van der Waals surface area contributed by atoms with Crippen molar-refractivity contribution in [2.45, 2.75) is 13.5 Å². The van der Waals surface area contributed by atoms with Crippen molar-refractivity contribution < 1.29 is 19.3 Å². The molecule has 8 heteroatoms. The molecule has 2 N–H and O–H groups in total. The Morgan fingerprint density at radius 1 is 1.50 bits per heavy atom. The number of aromatic nitrogens is 1. The van der Waals surface area contributed by atoms with Gasteiger partial charge in [0.15, 0.2) is 0 Å². The first kappa shape index (κ1) is 13.5. The van der Waals surface area contributed by atoms with E-state index in [0.29, 0.717) is 11.5 Å². The van der Waals surface area contributed by atoms with Crippen LogP contribution < -0.4 is 5.32 Å². The Hall–Kier alpha value is -2.90. The summed E-state index contributed by atoms with van der Waals surface area (Å²) >= 11 is 0. The zero-order valence-electron chi connectivity index (χ0n) is 10.5. The van der Waals surface area contributed by atoms with Gasteiger partial charge in [0.1, 0.15) is 11.5 Å². The van der Waals surface area contributed by atoms with Crippen molar-refractivity contribution in [2.75, 3.05) is 5.32 Å². The van der Waals surface area contributed by atoms with Gasteiger partial charge in [-0.15, -0.1) is 0 Å². The summed E-state index contributed by atoms with van der Waals surface area (Å²) in [5.74, 6) is -0.543. The molecule has 0 amide bonds. The maximum absolute atomic E-state index is 11.1. The van der Waals surface area contributed by atoms with E-state index in [1.807, 2.05) is 0 Å². The van der Waals surface area contributed by atoms with Crippen LogP contribution in [0.5, 0.6) is 0 Å². The summed E-state index contributed by atoms with van der Waals surface area (Å²) in [6.07, 6.45) is 0. The Labute approximate surface area is 113 Å². The van der Waals surface area contributed by atoms with E-state index in [-0.39, 0.29) is 23.5 Å². The van der Waals surface area contributed by atoms with E-state index < -0.39 is 10.9 Å². The predicted molar refractivity (Wildman–Crippen MR) is 68.6 cm³/mol. The maximum atomic E-state index is 11.1. The lowest BCUT2D eigenvalue weighted by molar-refractivity contribution is -0.384. The molecule has 104 valence electrons. The Balaban J connectivity index is 2.25. The van der Waals surface area contributed by atoms with Gasteiger partial charge in [0.2, 0.25) is 0 Å². The normalized spacial score (nSPS) is 10.2. The molecule has 8 nitrogen and oxygen atoms in total. The maximum Gasteiger partial charge on any atom is 0.337 e. The number of aromatic carboxylic acids is 1. The standard InChI is InChI=1S/C12H11N3O5/c1-7-4-8(14-20-7)6-13-11-5-9(15(18)19)2-3-10(11)12(16)17/h2-5,13H,6H2,1H3,(H,16,17). The molecule has 0 saturated carbocycles. The second-order valence-corrected chi connectivity index (χ2v) is 4.07. The van der Waals surface area contributed by atoms with E-state index in [0.717, 1.165) is 6.07 Å². The minimum atomic E-state index is -1.17. The molecule has 0 atom stereocenters. The molecule has 0 fully saturated rings. The van der Waals surface area contributed by atoms with Gasteiger partial charge in [0.25, 0.3) is 5.69 Å². The van der Waals surface area contributed by atoms with Gasteiger partial charge >= 0.3 is 5.97 Å². The average molecular weight is 277 g/mol. The molecule has 1 heterocycles. The van der Waals surface area contributed by atoms with Crippen LogP contribution in [-0.2, 0) is 6.54 Å². The molecule has 2 rings (SSSR count). The smallest absolute Gasteiger partial charge is 0.337 e. The largest absolute Gasteiger partial charge is 0.478 e. The van der Waals surface area contributed by atoms with E-state index in [1.54, 1.807) is 13.0 Å². The van der Waals surface area contributed by atoms with Crippen molar-refractivity contribution >= 4 is 17.3 Å². The molecule has 20 heavy (non-hydrogen) atoms. The molecule has 0 saturated heterocycles. The first-order valence-corrected chi connectivity index (χ1v) is 5.65. The molecule has 2 aromatic rings. The van der Waals surface area contributed by atoms with Crippen LogP contribution in [0.2, 0.25) is 0 Å². The van der Waals surface area contributed by atoms with Gasteiger partial charge in [-0.1, -0.05) is 5.16 Å². The van der Waals surface area contributed by atoms with E-state index >= 15 is 0 Å². The third-order valence-electron chi connectivity index (χ3n) is 2.58. The molecule has 1 aromatic carbocycles. The highest BCUT2D eigenvalue weighted by Gasteiger charge is 2.15. The highest BCUT2D eigenvalue weighted by molar-refractivity contribution is 5.94. The van der Waals surface area contributed by atoms with Crippen molar-refractivity contribution in [1.29, 1.82) is 0 Å². The number of carboxylic acids is 1. The molecule has 0 spiro atoms. The number of aryl methyl sites for hydroxylation is 1. The van der Waals surface area contributed by atoms with Gasteiger partial charge in [-0.05, 0) is 13.0 Å². The van der Waals surface area contributed by atoms with Gasteiger partial charge < -0.3 is 14.9 Å². The number of carboxylic acid groups (broad SMARTS) is 1. The average Bonchev–Trinajstić information content (AvgIpc) is 2.81. The molecule has 0 radical (unpaired) electrons. The number of nitro benzene ring substituents is 1. The van der Waals surface area contributed by atoms with Crippen LogP contribution in [0.1, 0.15) is 21.8 Å². The van der Waals surface area contributed by atoms with Gasteiger partial charge in [-0.3, -0.25) is 10.1 Å². The Morgan fingerprint density at radius 3 is 2.80 bits per heavy atom. The summed E-state index contributed by atoms with van der Waals surface area (Å²) in [4.78, 5) is 21.2. The number of anilines is 1. The fourth-order valence-electron chi connectivity index (χ4n) is 1.67. The first-order valence-electron chi connectivity index (χ1n) is 5.65. The summed E-state index contributed by atoms with van der Waals surface area (Å²) < 4.78 is 4.88. The quantitative estimate of drug-likeness (QED) is 0.635. The number of hydrogen-bond donors (Lipinski definition) is 2. The number of benzene rings is 1. The fraction of sp³-hybridized carbons (Fsp3) is 0.167.